The van der Waals surface area contributed by atoms with Crippen LogP contribution in [0.25, 0.3) is 0 Å². The Morgan fingerprint density at radius 3 is 2.54 bits per heavy atom. The third-order valence-corrected chi connectivity index (χ3v) is 4.09. The highest BCUT2D eigenvalue weighted by Crippen LogP contribution is 2.17. The van der Waals surface area contributed by atoms with Gasteiger partial charge in [-0.2, -0.15) is 0 Å². The second kappa shape index (κ2) is 10.1. The fraction of sp³-hybridized carbons (Fsp3) is 0.300. The van der Waals surface area contributed by atoms with E-state index in [-0.39, 0.29) is 36.7 Å². The van der Waals surface area contributed by atoms with Crippen molar-refractivity contribution in [2.45, 2.75) is 32.9 Å². The van der Waals surface area contributed by atoms with Crippen LogP contribution in [0, 0.1) is 10.1 Å². The molecule has 8 nitrogen and oxygen atoms in total. The van der Waals surface area contributed by atoms with E-state index in [0.717, 1.165) is 12.0 Å². The summed E-state index contributed by atoms with van der Waals surface area (Å²) in [7, 11) is 0. The molecule has 0 bridgehead atoms. The molecular weight excluding hydrogens is 362 g/mol. The molecule has 148 valence electrons. The van der Waals surface area contributed by atoms with E-state index in [4.69, 9.17) is 4.74 Å². The molecule has 2 N–H and O–H groups in total. The van der Waals surface area contributed by atoms with Crippen molar-refractivity contribution in [3.8, 4) is 5.75 Å². The van der Waals surface area contributed by atoms with Gasteiger partial charge >= 0.3 is 0 Å². The molecule has 0 saturated carbocycles. The predicted octanol–water partition coefficient (Wildman–Crippen LogP) is 2.82. The van der Waals surface area contributed by atoms with E-state index in [2.05, 4.69) is 10.6 Å². The van der Waals surface area contributed by atoms with E-state index in [1.807, 2.05) is 19.9 Å². The predicted molar refractivity (Wildman–Crippen MR) is 104 cm³/mol. The van der Waals surface area contributed by atoms with Crippen LogP contribution < -0.4 is 15.4 Å². The number of nitro benzene ring substituents is 1. The summed E-state index contributed by atoms with van der Waals surface area (Å²) < 4.78 is 5.31. The lowest BCUT2D eigenvalue weighted by Crippen LogP contribution is -2.32. The molecule has 8 heteroatoms. The van der Waals surface area contributed by atoms with Crippen LogP contribution in [0.2, 0.25) is 0 Å². The first kappa shape index (κ1) is 20.9. The third kappa shape index (κ3) is 6.39. The summed E-state index contributed by atoms with van der Waals surface area (Å²) in [5.41, 5.74) is 1.28. The lowest BCUT2D eigenvalue weighted by Gasteiger charge is -2.12. The lowest BCUT2D eigenvalue weighted by molar-refractivity contribution is -0.384. The summed E-state index contributed by atoms with van der Waals surface area (Å²) in [6.07, 6.45) is 0.844. The summed E-state index contributed by atoms with van der Waals surface area (Å²) in [5.74, 6) is -0.124. The van der Waals surface area contributed by atoms with Crippen LogP contribution >= 0.6 is 0 Å². The maximum atomic E-state index is 12.2. The average Bonchev–Trinajstić information content (AvgIpc) is 2.71. The number of rotatable bonds is 9. The van der Waals surface area contributed by atoms with Crippen molar-refractivity contribution >= 4 is 17.5 Å². The fourth-order valence-electron chi connectivity index (χ4n) is 2.30. The van der Waals surface area contributed by atoms with Crippen LogP contribution in [0.4, 0.5) is 5.69 Å². The molecule has 0 heterocycles. The summed E-state index contributed by atoms with van der Waals surface area (Å²) in [4.78, 5) is 34.2. The molecule has 0 aliphatic rings. The van der Waals surface area contributed by atoms with Crippen LogP contribution in [0.3, 0.4) is 0 Å². The van der Waals surface area contributed by atoms with Crippen molar-refractivity contribution in [3.05, 3.63) is 69.8 Å². The van der Waals surface area contributed by atoms with E-state index in [1.165, 1.54) is 24.3 Å². The molecule has 1 unspecified atom stereocenters. The van der Waals surface area contributed by atoms with E-state index >= 15 is 0 Å². The maximum Gasteiger partial charge on any atom is 0.269 e. The Balaban J connectivity index is 1.83. The Kier molecular flexibility index (Phi) is 7.50. The number of carbonyl (C=O) groups excluding carboxylic acids is 2. The number of benzene rings is 2. The number of non-ortho nitro benzene ring substituents is 1. The summed E-state index contributed by atoms with van der Waals surface area (Å²) in [6.45, 7) is 3.97. The molecule has 28 heavy (non-hydrogen) atoms. The Hall–Kier alpha value is -3.42. The van der Waals surface area contributed by atoms with Gasteiger partial charge in [-0.25, -0.2) is 0 Å². The van der Waals surface area contributed by atoms with Crippen molar-refractivity contribution in [2.75, 3.05) is 6.61 Å². The van der Waals surface area contributed by atoms with Gasteiger partial charge in [0.05, 0.1) is 4.92 Å². The van der Waals surface area contributed by atoms with Crippen LogP contribution in [-0.4, -0.2) is 29.4 Å². The highest BCUT2D eigenvalue weighted by atomic mass is 16.6. The molecule has 0 aliphatic carbocycles. The number of nitrogens with zero attached hydrogens (tertiary/aromatic N) is 1. The molecule has 0 saturated heterocycles. The molecule has 2 rings (SSSR count). The molecule has 0 fully saturated rings. The van der Waals surface area contributed by atoms with E-state index in [9.17, 15) is 19.7 Å². The number of amides is 2. The van der Waals surface area contributed by atoms with Crippen LogP contribution in [0.1, 0.15) is 36.2 Å². The summed E-state index contributed by atoms with van der Waals surface area (Å²) in [5, 5.41) is 16.2. The molecule has 2 amide bonds. The smallest absolute Gasteiger partial charge is 0.269 e. The number of hydrogen-bond acceptors (Lipinski definition) is 5. The van der Waals surface area contributed by atoms with Crippen molar-refractivity contribution in [2.24, 2.45) is 0 Å². The number of hydrogen-bond donors (Lipinski definition) is 2. The first-order valence-corrected chi connectivity index (χ1v) is 8.92. The second-order valence-corrected chi connectivity index (χ2v) is 6.30. The van der Waals surface area contributed by atoms with Crippen LogP contribution in [0.15, 0.2) is 48.5 Å². The zero-order valence-electron chi connectivity index (χ0n) is 15.8. The van der Waals surface area contributed by atoms with Gasteiger partial charge in [0, 0.05) is 30.3 Å². The molecule has 0 aliphatic heterocycles. The Labute approximate surface area is 163 Å². The Morgan fingerprint density at radius 2 is 1.89 bits per heavy atom. The second-order valence-electron chi connectivity index (χ2n) is 6.30. The molecule has 1 atom stereocenters. The molecule has 0 spiro atoms. The van der Waals surface area contributed by atoms with Gasteiger partial charge in [-0.1, -0.05) is 19.1 Å². The lowest BCUT2D eigenvalue weighted by atomic mass is 10.1. The quantitative estimate of drug-likeness (QED) is 0.509. The maximum absolute atomic E-state index is 12.2. The van der Waals surface area contributed by atoms with Gasteiger partial charge < -0.3 is 15.4 Å². The van der Waals surface area contributed by atoms with Gasteiger partial charge in [0.2, 0.25) is 0 Å². The molecule has 2 aromatic carbocycles. The summed E-state index contributed by atoms with van der Waals surface area (Å²) in [6, 6.07) is 12.6. The van der Waals surface area contributed by atoms with Gasteiger partial charge in [0.15, 0.2) is 6.61 Å². The zero-order valence-corrected chi connectivity index (χ0v) is 15.8. The first-order valence-electron chi connectivity index (χ1n) is 8.92. The largest absolute Gasteiger partial charge is 0.484 e. The Morgan fingerprint density at radius 1 is 1.18 bits per heavy atom. The first-order chi connectivity index (χ1) is 13.4. The highest BCUT2D eigenvalue weighted by molar-refractivity contribution is 5.94. The monoisotopic (exact) mass is 385 g/mol. The van der Waals surface area contributed by atoms with Crippen LogP contribution in [-0.2, 0) is 11.3 Å². The van der Waals surface area contributed by atoms with E-state index in [1.54, 1.807) is 18.2 Å². The molecule has 0 aromatic heterocycles. The minimum Gasteiger partial charge on any atom is -0.484 e. The summed E-state index contributed by atoms with van der Waals surface area (Å²) >= 11 is 0. The molecular formula is C20H23N3O5. The standard InChI is InChI=1S/C20H23N3O5/c1-3-14(2)22-20(25)16-6-4-5-15(11-16)12-21-19(24)13-28-18-9-7-17(8-10-18)23(26)27/h4-11,14H,3,12-13H2,1-2H3,(H,21,24)(H,22,25). The average molecular weight is 385 g/mol. The van der Waals surface area contributed by atoms with Crippen LogP contribution in [0.5, 0.6) is 5.75 Å². The number of nitrogens with one attached hydrogen (secondary N) is 2. The van der Waals surface area contributed by atoms with Crippen molar-refractivity contribution < 1.29 is 19.2 Å². The molecule has 2 aromatic rings. The number of nitro groups is 1. The van der Waals surface area contributed by atoms with Crippen molar-refractivity contribution in [3.63, 3.8) is 0 Å². The van der Waals surface area contributed by atoms with E-state index in [0.29, 0.717) is 11.3 Å². The van der Waals surface area contributed by atoms with Gasteiger partial charge in [0.1, 0.15) is 5.75 Å². The SMILES string of the molecule is CCC(C)NC(=O)c1cccc(CNC(=O)COc2ccc([N+](=O)[O-])cc2)c1. The topological polar surface area (TPSA) is 111 Å². The Bertz CT molecular complexity index is 836. The van der Waals surface area contributed by atoms with E-state index < -0.39 is 4.92 Å². The van der Waals surface area contributed by atoms with Gasteiger partial charge in [-0.15, -0.1) is 0 Å². The minimum atomic E-state index is -0.506. The number of ether oxygens (including phenoxy) is 1. The van der Waals surface area contributed by atoms with Gasteiger partial charge in [-0.3, -0.25) is 19.7 Å². The zero-order chi connectivity index (χ0) is 20.5. The van der Waals surface area contributed by atoms with Crippen molar-refractivity contribution in [1.29, 1.82) is 0 Å². The fourth-order valence-corrected chi connectivity index (χ4v) is 2.30. The third-order valence-electron chi connectivity index (χ3n) is 4.09. The highest BCUT2D eigenvalue weighted by Gasteiger charge is 2.10. The minimum absolute atomic E-state index is 0.0472. The van der Waals surface area contributed by atoms with Gasteiger partial charge in [-0.05, 0) is 43.2 Å². The number of carbonyl (C=O) groups is 2. The van der Waals surface area contributed by atoms with Gasteiger partial charge in [0.25, 0.3) is 17.5 Å². The molecule has 0 radical (unpaired) electrons. The normalized spacial score (nSPS) is 11.4. The van der Waals surface area contributed by atoms with Crippen molar-refractivity contribution in [1.82, 2.24) is 10.6 Å².